The Morgan fingerprint density at radius 2 is 2.15 bits per heavy atom. The molecule has 0 saturated heterocycles. The topological polar surface area (TPSA) is 43.4 Å². The molecule has 0 amide bonds. The minimum Gasteiger partial charge on any atom is -0.493 e. The SMILES string of the molecule is CCCNc1ncc(COc2ccc(C)cc2OC)s1. The number of hydrogen-bond donors (Lipinski definition) is 1. The predicted octanol–water partition coefficient (Wildman–Crippen LogP) is 3.86. The van der Waals surface area contributed by atoms with E-state index < -0.39 is 0 Å². The number of nitrogens with one attached hydrogen (secondary N) is 1. The van der Waals surface area contributed by atoms with Crippen molar-refractivity contribution in [3.63, 3.8) is 0 Å². The van der Waals surface area contributed by atoms with Gasteiger partial charge in [-0.1, -0.05) is 24.3 Å². The molecule has 0 unspecified atom stereocenters. The van der Waals surface area contributed by atoms with Crippen molar-refractivity contribution in [3.05, 3.63) is 34.8 Å². The maximum Gasteiger partial charge on any atom is 0.182 e. The summed E-state index contributed by atoms with van der Waals surface area (Å²) in [7, 11) is 1.65. The summed E-state index contributed by atoms with van der Waals surface area (Å²) >= 11 is 1.62. The lowest BCUT2D eigenvalue weighted by atomic mass is 10.2. The minimum absolute atomic E-state index is 0.505. The molecule has 5 heteroatoms. The summed E-state index contributed by atoms with van der Waals surface area (Å²) in [5, 5.41) is 4.22. The van der Waals surface area contributed by atoms with Gasteiger partial charge in [0.1, 0.15) is 6.61 Å². The number of aromatic nitrogens is 1. The lowest BCUT2D eigenvalue weighted by Crippen LogP contribution is -1.98. The first-order valence-electron chi connectivity index (χ1n) is 6.69. The summed E-state index contributed by atoms with van der Waals surface area (Å²) in [5.74, 6) is 1.52. The van der Waals surface area contributed by atoms with Crippen LogP contribution >= 0.6 is 11.3 Å². The molecular formula is C15H20N2O2S. The van der Waals surface area contributed by atoms with Crippen LogP contribution in [0.2, 0.25) is 0 Å². The molecule has 0 spiro atoms. The molecule has 0 bridgehead atoms. The zero-order valence-electron chi connectivity index (χ0n) is 12.1. The van der Waals surface area contributed by atoms with Gasteiger partial charge in [-0.3, -0.25) is 0 Å². The number of thiazole rings is 1. The zero-order chi connectivity index (χ0) is 14.4. The van der Waals surface area contributed by atoms with E-state index in [-0.39, 0.29) is 0 Å². The fourth-order valence-electron chi connectivity index (χ4n) is 1.73. The minimum atomic E-state index is 0.505. The summed E-state index contributed by atoms with van der Waals surface area (Å²) in [5.41, 5.74) is 1.15. The lowest BCUT2D eigenvalue weighted by Gasteiger charge is -2.10. The van der Waals surface area contributed by atoms with Crippen molar-refractivity contribution in [2.75, 3.05) is 19.0 Å². The van der Waals surface area contributed by atoms with Gasteiger partial charge in [0.05, 0.1) is 12.0 Å². The van der Waals surface area contributed by atoms with Crippen LogP contribution in [0.1, 0.15) is 23.8 Å². The van der Waals surface area contributed by atoms with E-state index in [2.05, 4.69) is 17.2 Å². The third kappa shape index (κ3) is 3.87. The molecule has 0 aliphatic rings. The molecule has 0 aliphatic carbocycles. The van der Waals surface area contributed by atoms with E-state index in [1.807, 2.05) is 31.3 Å². The van der Waals surface area contributed by atoms with Crippen molar-refractivity contribution in [1.82, 2.24) is 4.98 Å². The fraction of sp³-hybridized carbons (Fsp3) is 0.400. The van der Waals surface area contributed by atoms with Gasteiger partial charge in [0.25, 0.3) is 0 Å². The van der Waals surface area contributed by atoms with Gasteiger partial charge in [0.15, 0.2) is 16.6 Å². The van der Waals surface area contributed by atoms with Gasteiger partial charge in [-0.25, -0.2) is 4.98 Å². The molecule has 1 aromatic heterocycles. The summed E-state index contributed by atoms with van der Waals surface area (Å²) in [6, 6.07) is 5.92. The lowest BCUT2D eigenvalue weighted by molar-refractivity contribution is 0.287. The average molecular weight is 292 g/mol. The molecule has 0 radical (unpaired) electrons. The number of nitrogens with zero attached hydrogens (tertiary/aromatic N) is 1. The number of methoxy groups -OCH3 is 1. The molecule has 0 atom stereocenters. The van der Waals surface area contributed by atoms with E-state index in [0.717, 1.165) is 40.0 Å². The highest BCUT2D eigenvalue weighted by molar-refractivity contribution is 7.15. The van der Waals surface area contributed by atoms with Crippen molar-refractivity contribution >= 4 is 16.5 Å². The number of rotatable bonds is 7. The molecular weight excluding hydrogens is 272 g/mol. The molecule has 108 valence electrons. The number of hydrogen-bond acceptors (Lipinski definition) is 5. The summed E-state index contributed by atoms with van der Waals surface area (Å²) in [6.07, 6.45) is 2.94. The number of ether oxygens (including phenoxy) is 2. The average Bonchev–Trinajstić information content (AvgIpc) is 2.91. The molecule has 0 saturated carbocycles. The van der Waals surface area contributed by atoms with Gasteiger partial charge in [0, 0.05) is 12.7 Å². The van der Waals surface area contributed by atoms with Gasteiger partial charge >= 0.3 is 0 Å². The molecule has 1 aromatic carbocycles. The van der Waals surface area contributed by atoms with Gasteiger partial charge < -0.3 is 14.8 Å². The van der Waals surface area contributed by atoms with Crippen LogP contribution in [0.4, 0.5) is 5.13 Å². The monoisotopic (exact) mass is 292 g/mol. The van der Waals surface area contributed by atoms with Crippen molar-refractivity contribution in [1.29, 1.82) is 0 Å². The maximum atomic E-state index is 5.80. The first-order chi connectivity index (χ1) is 9.72. The maximum absolute atomic E-state index is 5.80. The van der Waals surface area contributed by atoms with Crippen molar-refractivity contribution in [3.8, 4) is 11.5 Å². The second kappa shape index (κ2) is 7.14. The first kappa shape index (κ1) is 14.7. The van der Waals surface area contributed by atoms with Crippen LogP contribution in [0.3, 0.4) is 0 Å². The molecule has 0 fully saturated rings. The third-order valence-electron chi connectivity index (χ3n) is 2.77. The molecule has 1 N–H and O–H groups in total. The van der Waals surface area contributed by atoms with Gasteiger partial charge in [0.2, 0.25) is 0 Å². The van der Waals surface area contributed by atoms with E-state index in [1.54, 1.807) is 18.4 Å². The highest BCUT2D eigenvalue weighted by atomic mass is 32.1. The molecule has 1 heterocycles. The third-order valence-corrected chi connectivity index (χ3v) is 3.70. The van der Waals surface area contributed by atoms with Crippen LogP contribution in [-0.4, -0.2) is 18.6 Å². The van der Waals surface area contributed by atoms with Gasteiger partial charge in [-0.05, 0) is 31.0 Å². The van der Waals surface area contributed by atoms with E-state index in [9.17, 15) is 0 Å². The Morgan fingerprint density at radius 1 is 1.30 bits per heavy atom. The van der Waals surface area contributed by atoms with Crippen LogP contribution in [0.15, 0.2) is 24.4 Å². The van der Waals surface area contributed by atoms with Crippen molar-refractivity contribution < 1.29 is 9.47 Å². The number of anilines is 1. The van der Waals surface area contributed by atoms with Crippen LogP contribution in [0.5, 0.6) is 11.5 Å². The van der Waals surface area contributed by atoms with E-state index >= 15 is 0 Å². The normalized spacial score (nSPS) is 10.3. The van der Waals surface area contributed by atoms with E-state index in [0.29, 0.717) is 6.61 Å². The molecule has 2 rings (SSSR count). The highest BCUT2D eigenvalue weighted by Crippen LogP contribution is 2.29. The summed E-state index contributed by atoms with van der Waals surface area (Å²) in [6.45, 7) is 5.61. The Bertz CT molecular complexity index is 555. The van der Waals surface area contributed by atoms with E-state index in [4.69, 9.17) is 9.47 Å². The van der Waals surface area contributed by atoms with Gasteiger partial charge in [-0.15, -0.1) is 0 Å². The highest BCUT2D eigenvalue weighted by Gasteiger charge is 2.06. The Hall–Kier alpha value is -1.75. The number of aryl methyl sites for hydroxylation is 1. The van der Waals surface area contributed by atoms with Crippen LogP contribution < -0.4 is 14.8 Å². The van der Waals surface area contributed by atoms with Crippen LogP contribution in [-0.2, 0) is 6.61 Å². The molecule has 20 heavy (non-hydrogen) atoms. The largest absolute Gasteiger partial charge is 0.493 e. The van der Waals surface area contributed by atoms with Gasteiger partial charge in [-0.2, -0.15) is 0 Å². The predicted molar refractivity (Wildman–Crippen MR) is 83.0 cm³/mol. The Balaban J connectivity index is 1.96. The summed E-state index contributed by atoms with van der Waals surface area (Å²) < 4.78 is 11.1. The molecule has 2 aromatic rings. The number of benzene rings is 1. The van der Waals surface area contributed by atoms with Crippen molar-refractivity contribution in [2.45, 2.75) is 26.9 Å². The molecule has 4 nitrogen and oxygen atoms in total. The summed E-state index contributed by atoms with van der Waals surface area (Å²) in [4.78, 5) is 5.41. The Morgan fingerprint density at radius 3 is 2.90 bits per heavy atom. The zero-order valence-corrected chi connectivity index (χ0v) is 12.9. The van der Waals surface area contributed by atoms with Crippen LogP contribution in [0.25, 0.3) is 0 Å². The van der Waals surface area contributed by atoms with Crippen molar-refractivity contribution in [2.24, 2.45) is 0 Å². The fourth-order valence-corrected chi connectivity index (χ4v) is 2.48. The smallest absolute Gasteiger partial charge is 0.182 e. The Labute approximate surface area is 123 Å². The Kier molecular flexibility index (Phi) is 5.24. The second-order valence-corrected chi connectivity index (χ2v) is 5.62. The molecule has 0 aliphatic heterocycles. The second-order valence-electron chi connectivity index (χ2n) is 4.50. The first-order valence-corrected chi connectivity index (χ1v) is 7.50. The quantitative estimate of drug-likeness (QED) is 0.841. The van der Waals surface area contributed by atoms with Crippen LogP contribution in [0, 0.1) is 6.92 Å². The standard InChI is InChI=1S/C15H20N2O2S/c1-4-7-16-15-17-9-12(20-15)10-19-13-6-5-11(2)8-14(13)18-3/h5-6,8-9H,4,7,10H2,1-3H3,(H,16,17). The van der Waals surface area contributed by atoms with E-state index in [1.165, 1.54) is 0 Å².